The summed E-state index contributed by atoms with van der Waals surface area (Å²) in [5.74, 6) is 0. The maximum Gasteiger partial charge on any atom is 0.0489 e. The molecule has 0 spiro atoms. The third-order valence-electron chi connectivity index (χ3n) is 1.77. The van der Waals surface area contributed by atoms with Crippen LogP contribution in [0, 0.1) is 6.92 Å². The Morgan fingerprint density at radius 1 is 1.54 bits per heavy atom. The highest BCUT2D eigenvalue weighted by Gasteiger charge is 2.04. The van der Waals surface area contributed by atoms with E-state index in [1.807, 2.05) is 19.1 Å². The highest BCUT2D eigenvalue weighted by atomic mass is 79.9. The zero-order valence-corrected chi connectivity index (χ0v) is 9.86. The lowest BCUT2D eigenvalue weighted by molar-refractivity contribution is 0.907. The van der Waals surface area contributed by atoms with Gasteiger partial charge in [0.1, 0.15) is 0 Å². The molecule has 13 heavy (non-hydrogen) atoms. The van der Waals surface area contributed by atoms with Gasteiger partial charge in [0.05, 0.1) is 0 Å². The van der Waals surface area contributed by atoms with Crippen molar-refractivity contribution in [1.29, 1.82) is 0 Å². The Bertz CT molecular complexity index is 299. The van der Waals surface area contributed by atoms with E-state index in [2.05, 4.69) is 28.6 Å². The molecule has 0 saturated carbocycles. The number of rotatable bonds is 2. The molecule has 3 heteroatoms. The second-order valence-electron chi connectivity index (χ2n) is 2.79. The van der Waals surface area contributed by atoms with Gasteiger partial charge in [0.25, 0.3) is 0 Å². The van der Waals surface area contributed by atoms with Crippen LogP contribution >= 0.6 is 28.3 Å². The molecule has 0 aliphatic carbocycles. The summed E-state index contributed by atoms with van der Waals surface area (Å²) in [5.41, 5.74) is 8.10. The zero-order valence-electron chi connectivity index (χ0n) is 7.46. The molecule has 72 valence electrons. The zero-order chi connectivity index (χ0) is 9.14. The van der Waals surface area contributed by atoms with Gasteiger partial charge in [-0.2, -0.15) is 0 Å². The Morgan fingerprint density at radius 2 is 2.15 bits per heavy atom. The van der Waals surface area contributed by atoms with E-state index in [9.17, 15) is 0 Å². The third-order valence-corrected chi connectivity index (χ3v) is 2.46. The number of halogens is 2. The van der Waals surface area contributed by atoms with E-state index in [4.69, 9.17) is 5.73 Å². The van der Waals surface area contributed by atoms with Crippen LogP contribution in [0.25, 0.3) is 0 Å². The van der Waals surface area contributed by atoms with Crippen molar-refractivity contribution < 1.29 is 0 Å². The molecule has 0 aromatic heterocycles. The Hall–Kier alpha value is -0.310. The van der Waals surface area contributed by atoms with Crippen LogP contribution in [0.4, 0.5) is 0 Å². The molecule has 2 N–H and O–H groups in total. The molecule has 0 aliphatic heterocycles. The van der Waals surface area contributed by atoms with Crippen molar-refractivity contribution in [2.75, 3.05) is 0 Å². The van der Waals surface area contributed by atoms with Gasteiger partial charge in [0.15, 0.2) is 0 Å². The predicted octanol–water partition coefficient (Wildman–Crippen LogP) is 3.37. The van der Waals surface area contributed by atoms with Crippen molar-refractivity contribution in [2.24, 2.45) is 5.73 Å². The third kappa shape index (κ3) is 3.14. The quantitative estimate of drug-likeness (QED) is 0.813. The van der Waals surface area contributed by atoms with Gasteiger partial charge in [-0.15, -0.1) is 19.0 Å². The average Bonchev–Trinajstić information content (AvgIpc) is 2.03. The Labute approximate surface area is 93.6 Å². The van der Waals surface area contributed by atoms with Crippen LogP contribution in [-0.4, -0.2) is 0 Å². The van der Waals surface area contributed by atoms with Crippen LogP contribution in [0.15, 0.2) is 35.3 Å². The second-order valence-corrected chi connectivity index (χ2v) is 3.64. The molecule has 1 rings (SSSR count). The van der Waals surface area contributed by atoms with Crippen LogP contribution in [0.2, 0.25) is 0 Å². The van der Waals surface area contributed by atoms with Crippen molar-refractivity contribution in [3.8, 4) is 0 Å². The summed E-state index contributed by atoms with van der Waals surface area (Å²) in [7, 11) is 0. The van der Waals surface area contributed by atoms with E-state index < -0.39 is 0 Å². The summed E-state index contributed by atoms with van der Waals surface area (Å²) in [5, 5.41) is 0. The molecule has 1 atom stereocenters. The number of hydrogen-bond donors (Lipinski definition) is 1. The van der Waals surface area contributed by atoms with Gasteiger partial charge in [-0.25, -0.2) is 0 Å². The molecule has 0 fully saturated rings. The van der Waals surface area contributed by atoms with Gasteiger partial charge in [-0.05, 0) is 24.1 Å². The van der Waals surface area contributed by atoms with Gasteiger partial charge < -0.3 is 5.73 Å². The lowest BCUT2D eigenvalue weighted by Gasteiger charge is -2.09. The molecule has 0 bridgehead atoms. The summed E-state index contributed by atoms with van der Waals surface area (Å²) in [6.07, 6.45) is 1.73. The first-order valence-corrected chi connectivity index (χ1v) is 4.58. The highest BCUT2D eigenvalue weighted by Crippen LogP contribution is 2.23. The summed E-state index contributed by atoms with van der Waals surface area (Å²) in [4.78, 5) is 0. The number of benzene rings is 1. The maximum atomic E-state index is 5.80. The van der Waals surface area contributed by atoms with E-state index in [0.29, 0.717) is 0 Å². The Balaban J connectivity index is 0.00000144. The first-order valence-electron chi connectivity index (χ1n) is 3.79. The molecular formula is C10H13BrClN. The summed E-state index contributed by atoms with van der Waals surface area (Å²) in [6, 6.07) is 6.04. The first-order chi connectivity index (χ1) is 5.65. The molecule has 0 heterocycles. The highest BCUT2D eigenvalue weighted by molar-refractivity contribution is 9.10. The molecule has 1 aromatic carbocycles. The number of aryl methyl sites for hydroxylation is 1. The monoisotopic (exact) mass is 261 g/mol. The van der Waals surface area contributed by atoms with Crippen molar-refractivity contribution in [3.05, 3.63) is 46.5 Å². The second kappa shape index (κ2) is 5.43. The molecule has 0 radical (unpaired) electrons. The minimum atomic E-state index is -0.0834. The molecule has 0 saturated heterocycles. The molecule has 1 aromatic rings. The Kier molecular flexibility index (Phi) is 5.30. The molecule has 0 amide bonds. The number of nitrogens with two attached hydrogens (primary N) is 1. The van der Waals surface area contributed by atoms with E-state index in [1.54, 1.807) is 6.08 Å². The van der Waals surface area contributed by atoms with Crippen LogP contribution < -0.4 is 5.73 Å². The van der Waals surface area contributed by atoms with Gasteiger partial charge in [-0.3, -0.25) is 0 Å². The normalized spacial score (nSPS) is 11.6. The van der Waals surface area contributed by atoms with E-state index in [0.717, 1.165) is 10.0 Å². The topological polar surface area (TPSA) is 26.0 Å². The predicted molar refractivity (Wildman–Crippen MR) is 63.3 cm³/mol. The van der Waals surface area contributed by atoms with Gasteiger partial charge in [0, 0.05) is 10.5 Å². The lowest BCUT2D eigenvalue weighted by Crippen LogP contribution is -2.07. The molecule has 0 aliphatic rings. The first kappa shape index (κ1) is 12.7. The Morgan fingerprint density at radius 3 is 2.62 bits per heavy atom. The standard InChI is InChI=1S/C10H12BrN.ClH/c1-3-10(12)8-5-4-7(2)6-9(8)11;/h3-6,10H,1,12H2,2H3;1H/t10-;/m1./s1. The van der Waals surface area contributed by atoms with Crippen LogP contribution in [0.5, 0.6) is 0 Å². The van der Waals surface area contributed by atoms with Crippen molar-refractivity contribution >= 4 is 28.3 Å². The van der Waals surface area contributed by atoms with Crippen molar-refractivity contribution in [2.45, 2.75) is 13.0 Å². The van der Waals surface area contributed by atoms with Crippen molar-refractivity contribution in [1.82, 2.24) is 0 Å². The fraction of sp³-hybridized carbons (Fsp3) is 0.200. The fourth-order valence-corrected chi connectivity index (χ4v) is 1.79. The summed E-state index contributed by atoms with van der Waals surface area (Å²) in [6.45, 7) is 5.70. The van der Waals surface area contributed by atoms with Crippen LogP contribution in [0.1, 0.15) is 17.2 Å². The van der Waals surface area contributed by atoms with Crippen LogP contribution in [0.3, 0.4) is 0 Å². The van der Waals surface area contributed by atoms with E-state index >= 15 is 0 Å². The van der Waals surface area contributed by atoms with Gasteiger partial charge >= 0.3 is 0 Å². The summed E-state index contributed by atoms with van der Waals surface area (Å²) < 4.78 is 1.05. The lowest BCUT2D eigenvalue weighted by atomic mass is 10.1. The van der Waals surface area contributed by atoms with Gasteiger partial charge in [0.2, 0.25) is 0 Å². The SMILES string of the molecule is C=C[C@@H](N)c1ccc(C)cc1Br.Cl. The number of hydrogen-bond acceptors (Lipinski definition) is 1. The molecule has 0 unspecified atom stereocenters. The maximum absolute atomic E-state index is 5.80. The van der Waals surface area contributed by atoms with Crippen molar-refractivity contribution in [3.63, 3.8) is 0 Å². The minimum Gasteiger partial charge on any atom is -0.321 e. The molecular weight excluding hydrogens is 249 g/mol. The molecule has 1 nitrogen and oxygen atoms in total. The fourth-order valence-electron chi connectivity index (χ4n) is 1.03. The van der Waals surface area contributed by atoms with E-state index in [1.165, 1.54) is 5.56 Å². The largest absolute Gasteiger partial charge is 0.321 e. The summed E-state index contributed by atoms with van der Waals surface area (Å²) >= 11 is 3.46. The van der Waals surface area contributed by atoms with E-state index in [-0.39, 0.29) is 18.4 Å². The van der Waals surface area contributed by atoms with Crippen LogP contribution in [-0.2, 0) is 0 Å². The average molecular weight is 263 g/mol. The minimum absolute atomic E-state index is 0. The smallest absolute Gasteiger partial charge is 0.0489 e. The van der Waals surface area contributed by atoms with Gasteiger partial charge in [-0.1, -0.05) is 34.1 Å².